The molecule has 0 aliphatic rings. The summed E-state index contributed by atoms with van der Waals surface area (Å²) in [6.07, 6.45) is 14.0. The van der Waals surface area contributed by atoms with Gasteiger partial charge in [-0.15, -0.1) is 0 Å². The third-order valence-corrected chi connectivity index (χ3v) is 10.3. The molecule has 0 aliphatic heterocycles. The fourth-order valence-corrected chi connectivity index (χ4v) is 6.99. The third kappa shape index (κ3) is 9.51. The van der Waals surface area contributed by atoms with Crippen LogP contribution in [0.2, 0.25) is 0 Å². The topological polar surface area (TPSA) is 115 Å². The Morgan fingerprint density at radius 3 is 1.52 bits per heavy atom. The second-order valence-electron chi connectivity index (χ2n) is 13.3. The molecule has 3 aromatic carbocycles. The number of hydrogen-bond acceptors (Lipinski definition) is 4. The predicted octanol–water partition coefficient (Wildman–Crippen LogP) is 8.62. The molecule has 0 unspecified atom stereocenters. The molecule has 0 amide bonds. The van der Waals surface area contributed by atoms with Gasteiger partial charge in [0.25, 0.3) is 0 Å². The highest BCUT2D eigenvalue weighted by Crippen LogP contribution is 2.36. The molecule has 52 heavy (non-hydrogen) atoms. The standard InChI is InChI=1S/C43H42N5O3P/c1-32-41(38-17-13-34(14-18-38)36-21-26-47(2)27-22-36)45-43(40-11-9-33(31-44)10-12-40)46-42(32)39-19-15-35(16-20-39)37-23-28-48(29-24-37)25-7-5-3-4-6-8-30-52(49,50)51/h9-24,26-29H,3-8,25,30H2,1-2H3/p+2. The molecule has 0 aliphatic carbocycles. The Balaban J connectivity index is 1.19. The first kappa shape index (κ1) is 36.5. The number of benzene rings is 3. The molecule has 262 valence electrons. The first-order chi connectivity index (χ1) is 25.2. The summed E-state index contributed by atoms with van der Waals surface area (Å²) in [5.41, 5.74) is 10.7. The average Bonchev–Trinajstić information content (AvgIpc) is 3.16. The Morgan fingerprint density at radius 2 is 1.02 bits per heavy atom. The zero-order valence-corrected chi connectivity index (χ0v) is 30.6. The lowest BCUT2D eigenvalue weighted by molar-refractivity contribution is -0.697. The lowest BCUT2D eigenvalue weighted by Crippen LogP contribution is -2.32. The highest BCUT2D eigenvalue weighted by atomic mass is 31.2. The van der Waals surface area contributed by atoms with E-state index < -0.39 is 7.60 Å². The monoisotopic (exact) mass is 709 g/mol. The minimum Gasteiger partial charge on any atom is -0.324 e. The number of aromatic nitrogens is 4. The maximum Gasteiger partial charge on any atom is 0.325 e. The molecule has 9 heteroatoms. The van der Waals surface area contributed by atoms with Gasteiger partial charge in [0.2, 0.25) is 0 Å². The van der Waals surface area contributed by atoms with Gasteiger partial charge in [0.05, 0.1) is 23.0 Å². The minimum absolute atomic E-state index is 0.00982. The zero-order chi connectivity index (χ0) is 36.5. The number of pyridine rings is 2. The largest absolute Gasteiger partial charge is 0.325 e. The van der Waals surface area contributed by atoms with Gasteiger partial charge in [0.1, 0.15) is 13.6 Å². The molecule has 3 heterocycles. The van der Waals surface area contributed by atoms with E-state index in [0.717, 1.165) is 94.5 Å². The molecular formula is C43H44N5O3P+2. The van der Waals surface area contributed by atoms with E-state index in [1.165, 1.54) is 0 Å². The smallest absolute Gasteiger partial charge is 0.324 e. The van der Waals surface area contributed by atoms with Gasteiger partial charge in [-0.1, -0.05) is 67.8 Å². The van der Waals surface area contributed by atoms with E-state index >= 15 is 0 Å². The van der Waals surface area contributed by atoms with Crippen molar-refractivity contribution in [3.05, 3.63) is 133 Å². The third-order valence-electron chi connectivity index (χ3n) is 9.39. The van der Waals surface area contributed by atoms with Gasteiger partial charge in [0, 0.05) is 59.1 Å². The van der Waals surface area contributed by atoms with Crippen LogP contribution in [0.1, 0.15) is 49.7 Å². The van der Waals surface area contributed by atoms with Crippen molar-refractivity contribution < 1.29 is 23.5 Å². The Kier molecular flexibility index (Phi) is 11.8. The maximum absolute atomic E-state index is 11.0. The van der Waals surface area contributed by atoms with Crippen molar-refractivity contribution in [1.82, 2.24) is 9.97 Å². The molecule has 6 rings (SSSR count). The van der Waals surface area contributed by atoms with Crippen LogP contribution in [-0.2, 0) is 18.2 Å². The van der Waals surface area contributed by atoms with E-state index in [1.807, 2.05) is 36.1 Å². The van der Waals surface area contributed by atoms with E-state index in [-0.39, 0.29) is 6.16 Å². The number of aryl methyl sites for hydroxylation is 2. The summed E-state index contributed by atoms with van der Waals surface area (Å²) in [5.74, 6) is 0.608. The quantitative estimate of drug-likeness (QED) is 0.0665. The van der Waals surface area contributed by atoms with Crippen LogP contribution in [0.15, 0.2) is 122 Å². The number of rotatable bonds is 14. The van der Waals surface area contributed by atoms with Gasteiger partial charge in [-0.05, 0) is 66.3 Å². The summed E-state index contributed by atoms with van der Waals surface area (Å²) in [5, 5.41) is 9.35. The van der Waals surface area contributed by atoms with E-state index in [2.05, 4.69) is 103 Å². The van der Waals surface area contributed by atoms with Crippen LogP contribution in [0, 0.1) is 18.3 Å². The van der Waals surface area contributed by atoms with Gasteiger partial charge >= 0.3 is 7.60 Å². The Hall–Kier alpha value is -5.32. The molecule has 8 nitrogen and oxygen atoms in total. The van der Waals surface area contributed by atoms with Gasteiger partial charge in [0.15, 0.2) is 30.6 Å². The molecule has 3 aromatic heterocycles. The Morgan fingerprint density at radius 1 is 0.596 bits per heavy atom. The maximum atomic E-state index is 11.0. The highest BCUT2D eigenvalue weighted by Gasteiger charge is 2.17. The summed E-state index contributed by atoms with van der Waals surface area (Å²) < 4.78 is 15.2. The van der Waals surface area contributed by atoms with Crippen molar-refractivity contribution in [3.8, 4) is 62.2 Å². The molecule has 0 saturated carbocycles. The van der Waals surface area contributed by atoms with Gasteiger partial charge in [-0.2, -0.15) is 5.26 Å². The van der Waals surface area contributed by atoms with Crippen molar-refractivity contribution in [2.24, 2.45) is 7.05 Å². The predicted molar refractivity (Wildman–Crippen MR) is 205 cm³/mol. The van der Waals surface area contributed by atoms with Crippen molar-refractivity contribution in [3.63, 3.8) is 0 Å². The van der Waals surface area contributed by atoms with Gasteiger partial charge in [-0.3, -0.25) is 4.57 Å². The fraction of sp³-hybridized carbons (Fsp3) is 0.233. The molecule has 0 radical (unpaired) electrons. The zero-order valence-electron chi connectivity index (χ0n) is 29.7. The SMILES string of the molecule is Cc1c(-c2ccc(-c3cc[n+](C)cc3)cc2)nc(-c2ccc(C#N)cc2)nc1-c1ccc(-c2cc[n+](CCCCCCCCP(=O)(O)O)cc2)cc1. The van der Waals surface area contributed by atoms with Crippen LogP contribution in [0.3, 0.4) is 0 Å². The second kappa shape index (κ2) is 16.8. The first-order valence-corrected chi connectivity index (χ1v) is 19.6. The molecule has 6 aromatic rings. The van der Waals surface area contributed by atoms with Crippen LogP contribution in [0.25, 0.3) is 56.2 Å². The number of nitrogens with zero attached hydrogens (tertiary/aromatic N) is 5. The van der Waals surface area contributed by atoms with Crippen LogP contribution >= 0.6 is 7.60 Å². The molecule has 2 N–H and O–H groups in total. The van der Waals surface area contributed by atoms with Crippen molar-refractivity contribution in [1.29, 1.82) is 5.26 Å². The van der Waals surface area contributed by atoms with Crippen LogP contribution < -0.4 is 9.13 Å². The minimum atomic E-state index is -3.87. The summed E-state index contributed by atoms with van der Waals surface area (Å²) in [6, 6.07) is 35.1. The molecule has 0 atom stereocenters. The first-order valence-electron chi connectivity index (χ1n) is 17.8. The lowest BCUT2D eigenvalue weighted by atomic mass is 9.97. The van der Waals surface area contributed by atoms with Crippen LogP contribution in [-0.4, -0.2) is 25.9 Å². The number of nitriles is 1. The number of hydrogen-bond donors (Lipinski definition) is 2. The molecule has 0 fully saturated rings. The second-order valence-corrected chi connectivity index (χ2v) is 15.1. The normalized spacial score (nSPS) is 11.4. The van der Waals surface area contributed by atoms with E-state index in [1.54, 1.807) is 12.1 Å². The molecule has 0 bridgehead atoms. The van der Waals surface area contributed by atoms with Crippen molar-refractivity contribution in [2.45, 2.75) is 52.0 Å². The lowest BCUT2D eigenvalue weighted by Gasteiger charge is -2.14. The van der Waals surface area contributed by atoms with Crippen LogP contribution in [0.4, 0.5) is 0 Å². The van der Waals surface area contributed by atoms with E-state index in [4.69, 9.17) is 19.8 Å². The van der Waals surface area contributed by atoms with Crippen molar-refractivity contribution in [2.75, 3.05) is 6.16 Å². The Bertz CT molecular complexity index is 2190. The summed E-state index contributed by atoms with van der Waals surface area (Å²) in [6.45, 7) is 3.02. The highest BCUT2D eigenvalue weighted by molar-refractivity contribution is 7.51. The van der Waals surface area contributed by atoms with E-state index in [0.29, 0.717) is 17.8 Å². The van der Waals surface area contributed by atoms with Gasteiger partial charge < -0.3 is 9.79 Å². The van der Waals surface area contributed by atoms with E-state index in [9.17, 15) is 9.83 Å². The molecular weight excluding hydrogens is 665 g/mol. The summed E-state index contributed by atoms with van der Waals surface area (Å²) >= 11 is 0. The average molecular weight is 710 g/mol. The fourth-order valence-electron chi connectivity index (χ4n) is 6.35. The summed E-state index contributed by atoms with van der Waals surface area (Å²) in [7, 11) is -1.86. The van der Waals surface area contributed by atoms with Gasteiger partial charge in [-0.25, -0.2) is 19.1 Å². The molecule has 0 spiro atoms. The van der Waals surface area contributed by atoms with Crippen molar-refractivity contribution >= 4 is 7.60 Å². The number of unbranched alkanes of at least 4 members (excludes halogenated alkanes) is 5. The Labute approximate surface area is 305 Å². The summed E-state index contributed by atoms with van der Waals surface area (Å²) in [4.78, 5) is 28.1. The molecule has 0 saturated heterocycles. The van der Waals surface area contributed by atoms with Crippen LogP contribution in [0.5, 0.6) is 0 Å².